The van der Waals surface area contributed by atoms with Crippen LogP contribution in [0.1, 0.15) is 33.6 Å². The van der Waals surface area contributed by atoms with Gasteiger partial charge in [-0.2, -0.15) is 0 Å². The Morgan fingerprint density at radius 1 is 1.79 bits per heavy atom. The lowest BCUT2D eigenvalue weighted by Crippen LogP contribution is -2.56. The maximum absolute atomic E-state index is 10.9. The Kier molecular flexibility index (Phi) is 3.84. The minimum atomic E-state index is -0.722. The van der Waals surface area contributed by atoms with E-state index in [1.165, 1.54) is 0 Å². The summed E-state index contributed by atoms with van der Waals surface area (Å²) in [4.78, 5) is 10.8. The van der Waals surface area contributed by atoms with Gasteiger partial charge in [-0.3, -0.25) is 10.1 Å². The highest BCUT2D eigenvalue weighted by molar-refractivity contribution is 8.00. The van der Waals surface area contributed by atoms with Crippen LogP contribution in [-0.4, -0.2) is 27.7 Å². The number of carboxylic acid groups (broad SMARTS) is 1. The van der Waals surface area contributed by atoms with Crippen LogP contribution in [0.25, 0.3) is 0 Å². The molecule has 4 heteroatoms. The van der Waals surface area contributed by atoms with Gasteiger partial charge in [-0.1, -0.05) is 20.3 Å². The third kappa shape index (κ3) is 2.42. The van der Waals surface area contributed by atoms with E-state index in [0.29, 0.717) is 5.92 Å². The van der Waals surface area contributed by atoms with Gasteiger partial charge in [-0.05, 0) is 25.0 Å². The Bertz CT molecular complexity index is 222. The number of hydrogen-bond donors (Lipinski definition) is 2. The Morgan fingerprint density at radius 2 is 2.43 bits per heavy atom. The Balaban J connectivity index is 2.66. The first kappa shape index (κ1) is 11.9. The van der Waals surface area contributed by atoms with Crippen molar-refractivity contribution in [1.29, 1.82) is 0 Å². The van der Waals surface area contributed by atoms with Crippen molar-refractivity contribution in [2.24, 2.45) is 5.92 Å². The Labute approximate surface area is 89.6 Å². The zero-order valence-corrected chi connectivity index (χ0v) is 9.86. The molecule has 0 saturated carbocycles. The van der Waals surface area contributed by atoms with Crippen molar-refractivity contribution < 1.29 is 9.90 Å². The van der Waals surface area contributed by atoms with Crippen LogP contribution in [0.2, 0.25) is 0 Å². The molecule has 0 radical (unpaired) electrons. The molecule has 1 heterocycles. The lowest BCUT2D eigenvalue weighted by Gasteiger charge is -2.41. The van der Waals surface area contributed by atoms with E-state index in [2.05, 4.69) is 26.1 Å². The van der Waals surface area contributed by atoms with E-state index in [-0.39, 0.29) is 10.9 Å². The SMILES string of the molecule is CCC(C)C1(C)NC(C(=O)O)CCS1. The fraction of sp³-hybridized carbons (Fsp3) is 0.900. The predicted octanol–water partition coefficient (Wildman–Crippen LogP) is 1.93. The summed E-state index contributed by atoms with van der Waals surface area (Å²) in [6.45, 7) is 6.42. The van der Waals surface area contributed by atoms with Crippen LogP contribution in [0.3, 0.4) is 0 Å². The molecular weight excluding hydrogens is 198 g/mol. The highest BCUT2D eigenvalue weighted by Gasteiger charge is 2.38. The van der Waals surface area contributed by atoms with Crippen molar-refractivity contribution in [3.05, 3.63) is 0 Å². The summed E-state index contributed by atoms with van der Waals surface area (Å²) in [6, 6.07) is -0.366. The second kappa shape index (κ2) is 4.53. The number of nitrogens with one attached hydrogen (secondary N) is 1. The minimum absolute atomic E-state index is 0.0734. The molecule has 14 heavy (non-hydrogen) atoms. The van der Waals surface area contributed by atoms with Crippen LogP contribution in [-0.2, 0) is 4.79 Å². The molecule has 3 atom stereocenters. The zero-order chi connectivity index (χ0) is 10.8. The molecule has 0 bridgehead atoms. The maximum atomic E-state index is 10.9. The van der Waals surface area contributed by atoms with E-state index in [0.717, 1.165) is 18.6 Å². The van der Waals surface area contributed by atoms with Crippen LogP contribution in [0.15, 0.2) is 0 Å². The summed E-state index contributed by atoms with van der Waals surface area (Å²) in [5.41, 5.74) is 0. The maximum Gasteiger partial charge on any atom is 0.320 e. The first-order chi connectivity index (χ1) is 6.49. The molecule has 1 aliphatic rings. The molecule has 0 aromatic carbocycles. The second-order valence-corrected chi connectivity index (χ2v) is 5.63. The van der Waals surface area contributed by atoms with Crippen molar-refractivity contribution in [2.45, 2.75) is 44.5 Å². The highest BCUT2D eigenvalue weighted by Crippen LogP contribution is 2.36. The van der Waals surface area contributed by atoms with Crippen molar-refractivity contribution in [2.75, 3.05) is 5.75 Å². The van der Waals surface area contributed by atoms with E-state index in [9.17, 15) is 4.79 Å². The van der Waals surface area contributed by atoms with Crippen LogP contribution in [0.4, 0.5) is 0 Å². The van der Waals surface area contributed by atoms with Gasteiger partial charge in [-0.15, -0.1) is 11.8 Å². The molecule has 0 amide bonds. The second-order valence-electron chi connectivity index (χ2n) is 4.09. The van der Waals surface area contributed by atoms with Gasteiger partial charge < -0.3 is 5.11 Å². The van der Waals surface area contributed by atoms with E-state index >= 15 is 0 Å². The van der Waals surface area contributed by atoms with Gasteiger partial charge in [0.2, 0.25) is 0 Å². The van der Waals surface area contributed by atoms with Gasteiger partial charge in [0.1, 0.15) is 6.04 Å². The van der Waals surface area contributed by atoms with Gasteiger partial charge in [0.25, 0.3) is 0 Å². The molecule has 82 valence electrons. The Morgan fingerprint density at radius 3 is 2.93 bits per heavy atom. The van der Waals surface area contributed by atoms with Crippen LogP contribution in [0, 0.1) is 5.92 Å². The van der Waals surface area contributed by atoms with E-state index in [1.807, 2.05) is 11.8 Å². The summed E-state index contributed by atoms with van der Waals surface area (Å²) < 4.78 is 0. The van der Waals surface area contributed by atoms with Gasteiger partial charge in [0.15, 0.2) is 0 Å². The van der Waals surface area contributed by atoms with Crippen LogP contribution >= 0.6 is 11.8 Å². The summed E-state index contributed by atoms with van der Waals surface area (Å²) in [5, 5.41) is 12.2. The number of thioether (sulfide) groups is 1. The number of carboxylic acids is 1. The average molecular weight is 217 g/mol. The predicted molar refractivity (Wildman–Crippen MR) is 59.5 cm³/mol. The van der Waals surface area contributed by atoms with Gasteiger partial charge in [0, 0.05) is 0 Å². The Hall–Kier alpha value is -0.220. The van der Waals surface area contributed by atoms with E-state index < -0.39 is 5.97 Å². The van der Waals surface area contributed by atoms with Crippen LogP contribution in [0.5, 0.6) is 0 Å². The molecule has 0 aliphatic carbocycles. The molecule has 0 aromatic heterocycles. The number of aliphatic carboxylic acids is 1. The number of carbonyl (C=O) groups is 1. The van der Waals surface area contributed by atoms with Crippen molar-refractivity contribution in [3.8, 4) is 0 Å². The number of hydrogen-bond acceptors (Lipinski definition) is 3. The first-order valence-electron chi connectivity index (χ1n) is 5.14. The quantitative estimate of drug-likeness (QED) is 0.758. The van der Waals surface area contributed by atoms with Gasteiger partial charge in [-0.25, -0.2) is 0 Å². The normalized spacial score (nSPS) is 35.2. The molecule has 2 N–H and O–H groups in total. The monoisotopic (exact) mass is 217 g/mol. The fourth-order valence-corrected chi connectivity index (χ4v) is 3.16. The third-order valence-corrected chi connectivity index (χ3v) is 4.68. The standard InChI is InChI=1S/C10H19NO2S/c1-4-7(2)10(3)11-8(9(12)13)5-6-14-10/h7-8,11H,4-6H2,1-3H3,(H,12,13). The van der Waals surface area contributed by atoms with Crippen molar-refractivity contribution >= 4 is 17.7 Å². The molecule has 0 spiro atoms. The molecule has 1 rings (SSSR count). The minimum Gasteiger partial charge on any atom is -0.480 e. The fourth-order valence-electron chi connectivity index (χ4n) is 1.71. The average Bonchev–Trinajstić information content (AvgIpc) is 2.16. The lowest BCUT2D eigenvalue weighted by atomic mass is 9.98. The van der Waals surface area contributed by atoms with Gasteiger partial charge >= 0.3 is 5.97 Å². The molecule has 3 unspecified atom stereocenters. The molecule has 1 saturated heterocycles. The molecule has 1 fully saturated rings. The number of rotatable bonds is 3. The van der Waals surface area contributed by atoms with Crippen molar-refractivity contribution in [1.82, 2.24) is 5.32 Å². The molecular formula is C10H19NO2S. The van der Waals surface area contributed by atoms with E-state index in [1.54, 1.807) is 0 Å². The van der Waals surface area contributed by atoms with Crippen LogP contribution < -0.4 is 5.32 Å². The topological polar surface area (TPSA) is 49.3 Å². The molecule has 0 aromatic rings. The van der Waals surface area contributed by atoms with Gasteiger partial charge in [0.05, 0.1) is 4.87 Å². The van der Waals surface area contributed by atoms with E-state index in [4.69, 9.17) is 5.11 Å². The summed E-state index contributed by atoms with van der Waals surface area (Å²) in [7, 11) is 0. The third-order valence-electron chi connectivity index (χ3n) is 3.12. The lowest BCUT2D eigenvalue weighted by molar-refractivity contribution is -0.140. The summed E-state index contributed by atoms with van der Waals surface area (Å²) in [6.07, 6.45) is 1.80. The first-order valence-corrected chi connectivity index (χ1v) is 6.12. The van der Waals surface area contributed by atoms with Crippen molar-refractivity contribution in [3.63, 3.8) is 0 Å². The summed E-state index contributed by atoms with van der Waals surface area (Å²) >= 11 is 1.84. The smallest absolute Gasteiger partial charge is 0.320 e. The molecule has 1 aliphatic heterocycles. The summed E-state index contributed by atoms with van der Waals surface area (Å²) in [5.74, 6) is 0.708. The largest absolute Gasteiger partial charge is 0.480 e. The molecule has 3 nitrogen and oxygen atoms in total. The zero-order valence-electron chi connectivity index (χ0n) is 9.04. The highest BCUT2D eigenvalue weighted by atomic mass is 32.2.